The molecule has 0 bridgehead atoms. The number of hydrogen-bond donors (Lipinski definition) is 2. The number of amides is 1. The number of rotatable bonds is 7. The van der Waals surface area contributed by atoms with Crippen LogP contribution in [0.1, 0.15) is 24.8 Å². The Bertz CT molecular complexity index is 327. The van der Waals surface area contributed by atoms with Gasteiger partial charge in [-0.25, -0.2) is 0 Å². The summed E-state index contributed by atoms with van der Waals surface area (Å²) in [7, 11) is 0. The van der Waals surface area contributed by atoms with Gasteiger partial charge in [-0.15, -0.1) is 11.3 Å². The summed E-state index contributed by atoms with van der Waals surface area (Å²) in [5.41, 5.74) is 5.82. The van der Waals surface area contributed by atoms with Gasteiger partial charge in [-0.3, -0.25) is 9.69 Å². The van der Waals surface area contributed by atoms with Crippen molar-refractivity contribution in [2.75, 3.05) is 26.2 Å². The Labute approximate surface area is 107 Å². The smallest absolute Gasteiger partial charge is 0.234 e. The van der Waals surface area contributed by atoms with Crippen LogP contribution in [0.4, 0.5) is 0 Å². The van der Waals surface area contributed by atoms with Crippen molar-refractivity contribution in [2.45, 2.75) is 19.9 Å². The average Bonchev–Trinajstić information content (AvgIpc) is 2.82. The largest absolute Gasteiger partial charge is 0.355 e. The lowest BCUT2D eigenvalue weighted by Gasteiger charge is -2.28. The van der Waals surface area contributed by atoms with E-state index in [4.69, 9.17) is 5.73 Å². The molecule has 0 aliphatic rings. The maximum atomic E-state index is 11.6. The van der Waals surface area contributed by atoms with E-state index in [-0.39, 0.29) is 11.9 Å². The predicted molar refractivity (Wildman–Crippen MR) is 72.0 cm³/mol. The molecule has 0 aromatic carbocycles. The Morgan fingerprint density at radius 2 is 2.35 bits per heavy atom. The highest BCUT2D eigenvalue weighted by Gasteiger charge is 2.20. The number of carbonyl (C=O) groups excluding carboxylic acids is 1. The lowest BCUT2D eigenvalue weighted by molar-refractivity contribution is -0.122. The summed E-state index contributed by atoms with van der Waals surface area (Å²) < 4.78 is 0. The van der Waals surface area contributed by atoms with Gasteiger partial charge in [0.2, 0.25) is 5.91 Å². The molecular formula is C12H21N3OS. The zero-order valence-corrected chi connectivity index (χ0v) is 11.3. The van der Waals surface area contributed by atoms with Gasteiger partial charge in [0.25, 0.3) is 0 Å². The van der Waals surface area contributed by atoms with Crippen molar-refractivity contribution in [3.63, 3.8) is 0 Å². The number of likely N-dealkylation sites (N-methyl/N-ethyl adjacent to an activating group) is 2. The van der Waals surface area contributed by atoms with Crippen LogP contribution in [-0.4, -0.2) is 37.0 Å². The first-order chi connectivity index (χ1) is 8.22. The molecule has 1 aromatic rings. The standard InChI is InChI=1S/C12H21N3OS/c1-3-14-12(16)9-15(4-2)10(8-13)11-6-5-7-17-11/h5-7,10H,3-4,8-9,13H2,1-2H3,(H,14,16). The van der Waals surface area contributed by atoms with E-state index in [1.54, 1.807) is 11.3 Å². The summed E-state index contributed by atoms with van der Waals surface area (Å²) in [6.07, 6.45) is 0. The van der Waals surface area contributed by atoms with Crippen molar-refractivity contribution in [1.29, 1.82) is 0 Å². The molecular weight excluding hydrogens is 234 g/mol. The molecule has 1 unspecified atom stereocenters. The molecule has 4 nitrogen and oxygen atoms in total. The third-order valence-corrected chi connectivity index (χ3v) is 3.64. The molecule has 17 heavy (non-hydrogen) atoms. The second-order valence-electron chi connectivity index (χ2n) is 3.78. The fourth-order valence-corrected chi connectivity index (χ4v) is 2.68. The van der Waals surface area contributed by atoms with Crippen LogP contribution in [0.25, 0.3) is 0 Å². The van der Waals surface area contributed by atoms with E-state index >= 15 is 0 Å². The predicted octanol–water partition coefficient (Wildman–Crippen LogP) is 1.21. The topological polar surface area (TPSA) is 58.4 Å². The van der Waals surface area contributed by atoms with Crippen LogP contribution in [0.3, 0.4) is 0 Å². The molecule has 1 atom stereocenters. The van der Waals surface area contributed by atoms with E-state index in [0.29, 0.717) is 19.6 Å². The van der Waals surface area contributed by atoms with E-state index in [1.807, 2.05) is 18.4 Å². The Kier molecular flexibility index (Phi) is 6.18. The molecule has 0 radical (unpaired) electrons. The molecule has 0 spiro atoms. The normalized spacial score (nSPS) is 12.7. The Balaban J connectivity index is 2.67. The molecule has 0 aliphatic carbocycles. The Hall–Kier alpha value is -0.910. The first kappa shape index (κ1) is 14.2. The number of hydrogen-bond acceptors (Lipinski definition) is 4. The quantitative estimate of drug-likeness (QED) is 0.770. The molecule has 0 saturated heterocycles. The molecule has 1 heterocycles. The summed E-state index contributed by atoms with van der Waals surface area (Å²) in [5, 5.41) is 4.86. The SMILES string of the molecule is CCNC(=O)CN(CC)C(CN)c1cccs1. The Morgan fingerprint density at radius 3 is 2.82 bits per heavy atom. The van der Waals surface area contributed by atoms with E-state index in [1.165, 1.54) is 4.88 Å². The molecule has 96 valence electrons. The van der Waals surface area contributed by atoms with Crippen LogP contribution in [0.5, 0.6) is 0 Å². The van der Waals surface area contributed by atoms with Gasteiger partial charge in [-0.1, -0.05) is 13.0 Å². The molecule has 1 aromatic heterocycles. The summed E-state index contributed by atoms with van der Waals surface area (Å²) in [5.74, 6) is 0.0596. The summed E-state index contributed by atoms with van der Waals surface area (Å²) >= 11 is 1.69. The minimum Gasteiger partial charge on any atom is -0.355 e. The minimum atomic E-state index is 0.0596. The average molecular weight is 255 g/mol. The summed E-state index contributed by atoms with van der Waals surface area (Å²) in [6.45, 7) is 6.40. The van der Waals surface area contributed by atoms with E-state index < -0.39 is 0 Å². The van der Waals surface area contributed by atoms with Crippen LogP contribution < -0.4 is 11.1 Å². The monoisotopic (exact) mass is 255 g/mol. The van der Waals surface area contributed by atoms with Gasteiger partial charge < -0.3 is 11.1 Å². The first-order valence-corrected chi connectivity index (χ1v) is 6.85. The Morgan fingerprint density at radius 1 is 1.59 bits per heavy atom. The number of nitrogens with one attached hydrogen (secondary N) is 1. The van der Waals surface area contributed by atoms with Gasteiger partial charge in [-0.2, -0.15) is 0 Å². The van der Waals surface area contributed by atoms with Gasteiger partial charge >= 0.3 is 0 Å². The highest BCUT2D eigenvalue weighted by Crippen LogP contribution is 2.23. The number of nitrogens with zero attached hydrogens (tertiary/aromatic N) is 1. The van der Waals surface area contributed by atoms with E-state index in [0.717, 1.165) is 6.54 Å². The molecule has 5 heteroatoms. The third kappa shape index (κ3) is 4.11. The van der Waals surface area contributed by atoms with Crippen molar-refractivity contribution < 1.29 is 4.79 Å². The maximum absolute atomic E-state index is 11.6. The second kappa shape index (κ2) is 7.42. The van der Waals surface area contributed by atoms with Crippen LogP contribution in [-0.2, 0) is 4.79 Å². The van der Waals surface area contributed by atoms with Crippen molar-refractivity contribution in [3.8, 4) is 0 Å². The van der Waals surface area contributed by atoms with Crippen LogP contribution in [0.2, 0.25) is 0 Å². The van der Waals surface area contributed by atoms with E-state index in [2.05, 4.69) is 23.2 Å². The molecule has 1 rings (SSSR count). The van der Waals surface area contributed by atoms with E-state index in [9.17, 15) is 4.79 Å². The highest BCUT2D eigenvalue weighted by molar-refractivity contribution is 7.10. The molecule has 3 N–H and O–H groups in total. The zero-order chi connectivity index (χ0) is 12.7. The fourth-order valence-electron chi connectivity index (χ4n) is 1.81. The molecule has 1 amide bonds. The van der Waals surface area contributed by atoms with Gasteiger partial charge in [-0.05, 0) is 24.9 Å². The van der Waals surface area contributed by atoms with Gasteiger partial charge in [0.05, 0.1) is 12.6 Å². The molecule has 0 fully saturated rings. The summed E-state index contributed by atoms with van der Waals surface area (Å²) in [6, 6.07) is 4.23. The van der Waals surface area contributed by atoms with Crippen LogP contribution >= 0.6 is 11.3 Å². The summed E-state index contributed by atoms with van der Waals surface area (Å²) in [4.78, 5) is 14.9. The van der Waals surface area contributed by atoms with Gasteiger partial charge in [0.15, 0.2) is 0 Å². The van der Waals surface area contributed by atoms with Crippen molar-refractivity contribution in [1.82, 2.24) is 10.2 Å². The molecule has 0 saturated carbocycles. The first-order valence-electron chi connectivity index (χ1n) is 5.97. The lowest BCUT2D eigenvalue weighted by Crippen LogP contribution is -2.41. The molecule has 0 aliphatic heterocycles. The van der Waals surface area contributed by atoms with Crippen molar-refractivity contribution in [3.05, 3.63) is 22.4 Å². The number of carbonyl (C=O) groups is 1. The van der Waals surface area contributed by atoms with Crippen molar-refractivity contribution >= 4 is 17.2 Å². The maximum Gasteiger partial charge on any atom is 0.234 e. The third-order valence-electron chi connectivity index (χ3n) is 2.66. The fraction of sp³-hybridized carbons (Fsp3) is 0.583. The zero-order valence-electron chi connectivity index (χ0n) is 10.5. The minimum absolute atomic E-state index is 0.0596. The van der Waals surface area contributed by atoms with Crippen LogP contribution in [0.15, 0.2) is 17.5 Å². The number of nitrogens with two attached hydrogens (primary N) is 1. The highest BCUT2D eigenvalue weighted by atomic mass is 32.1. The number of thiophene rings is 1. The van der Waals surface area contributed by atoms with Gasteiger partial charge in [0.1, 0.15) is 0 Å². The lowest BCUT2D eigenvalue weighted by atomic mass is 10.2. The van der Waals surface area contributed by atoms with Gasteiger partial charge in [0, 0.05) is 18.0 Å². The van der Waals surface area contributed by atoms with Crippen molar-refractivity contribution in [2.24, 2.45) is 5.73 Å². The second-order valence-corrected chi connectivity index (χ2v) is 4.76. The van der Waals surface area contributed by atoms with Crippen LogP contribution in [0, 0.1) is 0 Å².